The van der Waals surface area contributed by atoms with Gasteiger partial charge >= 0.3 is 11.8 Å². The van der Waals surface area contributed by atoms with Gasteiger partial charge in [0.15, 0.2) is 0 Å². The Kier molecular flexibility index (Phi) is 7.17. The summed E-state index contributed by atoms with van der Waals surface area (Å²) < 4.78 is 6.07. The summed E-state index contributed by atoms with van der Waals surface area (Å²) in [7, 11) is 0. The van der Waals surface area contributed by atoms with E-state index in [0.29, 0.717) is 10.9 Å². The van der Waals surface area contributed by atoms with E-state index < -0.39 is 4.92 Å². The topological polar surface area (TPSA) is 112 Å². The van der Waals surface area contributed by atoms with E-state index in [0.717, 1.165) is 30.4 Å². The molecule has 8 nitrogen and oxygen atoms in total. The van der Waals surface area contributed by atoms with Gasteiger partial charge in [-0.05, 0) is 58.2 Å². The molecule has 1 aromatic carbocycles. The number of nitrogens with two attached hydrogens (primary N) is 1. The summed E-state index contributed by atoms with van der Waals surface area (Å²) in [6.45, 7) is 7.41. The lowest BCUT2D eigenvalue weighted by Gasteiger charge is -2.29. The van der Waals surface area contributed by atoms with Crippen molar-refractivity contribution in [1.29, 1.82) is 0 Å². The number of piperidine rings is 1. The van der Waals surface area contributed by atoms with Crippen LogP contribution in [0.25, 0.3) is 10.9 Å². The Labute approximate surface area is 172 Å². The molecule has 1 amide bonds. The Morgan fingerprint density at radius 3 is 2.50 bits per heavy atom. The van der Waals surface area contributed by atoms with Crippen molar-refractivity contribution in [3.05, 3.63) is 39.0 Å². The van der Waals surface area contributed by atoms with Gasteiger partial charge in [-0.25, -0.2) is 9.78 Å². The van der Waals surface area contributed by atoms with Gasteiger partial charge in [0.05, 0.1) is 10.4 Å². The molecule has 1 saturated heterocycles. The SMILES string of the molecule is CC(C)(C)OC(=O)N1CCCCC1.Nc1c([N+](=O)[O-])cnc2ccc(Br)cc12. The fourth-order valence-electron chi connectivity index (χ4n) is 2.72. The lowest BCUT2D eigenvalue weighted by molar-refractivity contribution is -0.384. The van der Waals surface area contributed by atoms with Gasteiger partial charge < -0.3 is 15.4 Å². The summed E-state index contributed by atoms with van der Waals surface area (Å²) in [6.07, 6.45) is 4.47. The zero-order valence-electron chi connectivity index (χ0n) is 16.3. The molecule has 1 aromatic heterocycles. The van der Waals surface area contributed by atoms with Crippen molar-refractivity contribution in [3.8, 4) is 0 Å². The van der Waals surface area contributed by atoms with Gasteiger partial charge in [0.2, 0.25) is 0 Å². The van der Waals surface area contributed by atoms with Crippen molar-refractivity contribution < 1.29 is 14.5 Å². The second-order valence-corrected chi connectivity index (χ2v) is 8.42. The predicted octanol–water partition coefficient (Wildman–Crippen LogP) is 4.90. The molecule has 152 valence electrons. The number of hydrogen-bond acceptors (Lipinski definition) is 6. The van der Waals surface area contributed by atoms with Crippen molar-refractivity contribution in [1.82, 2.24) is 9.88 Å². The quantitative estimate of drug-likeness (QED) is 0.486. The second kappa shape index (κ2) is 9.18. The highest BCUT2D eigenvalue weighted by atomic mass is 79.9. The van der Waals surface area contributed by atoms with E-state index in [2.05, 4.69) is 20.9 Å². The highest BCUT2D eigenvalue weighted by Gasteiger charge is 2.23. The Bertz CT molecular complexity index is 861. The maximum atomic E-state index is 11.5. The number of ether oxygens (including phenoxy) is 1. The first kappa shape index (κ1) is 21.9. The summed E-state index contributed by atoms with van der Waals surface area (Å²) in [5, 5.41) is 11.2. The van der Waals surface area contributed by atoms with E-state index in [9.17, 15) is 14.9 Å². The van der Waals surface area contributed by atoms with Crippen molar-refractivity contribution in [2.75, 3.05) is 18.8 Å². The number of anilines is 1. The number of aromatic nitrogens is 1. The van der Waals surface area contributed by atoms with Gasteiger partial charge in [0, 0.05) is 22.9 Å². The molecule has 0 spiro atoms. The van der Waals surface area contributed by atoms with Crippen molar-refractivity contribution in [2.45, 2.75) is 45.6 Å². The van der Waals surface area contributed by atoms with Crippen molar-refractivity contribution in [3.63, 3.8) is 0 Å². The van der Waals surface area contributed by atoms with Gasteiger partial charge in [-0.15, -0.1) is 0 Å². The zero-order valence-corrected chi connectivity index (χ0v) is 17.9. The predicted molar refractivity (Wildman–Crippen MR) is 112 cm³/mol. The molecule has 0 aliphatic carbocycles. The summed E-state index contributed by atoms with van der Waals surface area (Å²) in [5.74, 6) is 0. The van der Waals surface area contributed by atoms with Gasteiger partial charge in [0.1, 0.15) is 17.5 Å². The number of benzene rings is 1. The number of nitrogens with zero attached hydrogens (tertiary/aromatic N) is 3. The number of carbonyl (C=O) groups excluding carboxylic acids is 1. The van der Waals surface area contributed by atoms with E-state index >= 15 is 0 Å². The normalized spacial score (nSPS) is 14.2. The van der Waals surface area contributed by atoms with Crippen LogP contribution in [0.5, 0.6) is 0 Å². The molecule has 0 unspecified atom stereocenters. The van der Waals surface area contributed by atoms with Crippen molar-refractivity contribution >= 4 is 44.3 Å². The van der Waals surface area contributed by atoms with Crippen LogP contribution >= 0.6 is 15.9 Å². The first-order chi connectivity index (χ1) is 13.1. The highest BCUT2D eigenvalue weighted by Crippen LogP contribution is 2.30. The van der Waals surface area contributed by atoms with E-state index in [4.69, 9.17) is 10.5 Å². The van der Waals surface area contributed by atoms with Crippen LogP contribution in [0.4, 0.5) is 16.2 Å². The number of nitrogen functional groups attached to an aromatic ring is 1. The third-order valence-corrected chi connectivity index (χ3v) is 4.55. The lowest BCUT2D eigenvalue weighted by atomic mass is 10.1. The van der Waals surface area contributed by atoms with Crippen LogP contribution in [-0.2, 0) is 4.74 Å². The molecule has 1 fully saturated rings. The average molecular weight is 453 g/mol. The molecular weight excluding hydrogens is 428 g/mol. The molecular formula is C19H25BrN4O4. The largest absolute Gasteiger partial charge is 0.444 e. The third kappa shape index (κ3) is 6.05. The molecule has 0 radical (unpaired) electrons. The lowest BCUT2D eigenvalue weighted by Crippen LogP contribution is -2.39. The average Bonchev–Trinajstić information content (AvgIpc) is 2.62. The Balaban J connectivity index is 0.000000203. The van der Waals surface area contributed by atoms with Crippen LogP contribution < -0.4 is 5.73 Å². The molecule has 28 heavy (non-hydrogen) atoms. The molecule has 9 heteroatoms. The summed E-state index contributed by atoms with van der Waals surface area (Å²) in [5.41, 5.74) is 5.94. The molecule has 0 bridgehead atoms. The number of fused-ring (bicyclic) bond motifs is 1. The number of amides is 1. The number of pyridine rings is 1. The molecule has 0 atom stereocenters. The fourth-order valence-corrected chi connectivity index (χ4v) is 3.08. The molecule has 0 saturated carbocycles. The first-order valence-electron chi connectivity index (χ1n) is 9.04. The van der Waals surface area contributed by atoms with Crippen LogP contribution in [0, 0.1) is 10.1 Å². The van der Waals surface area contributed by atoms with E-state index in [-0.39, 0.29) is 23.1 Å². The molecule has 2 N–H and O–H groups in total. The van der Waals surface area contributed by atoms with Gasteiger partial charge in [-0.1, -0.05) is 15.9 Å². The van der Waals surface area contributed by atoms with Crippen LogP contribution in [0.1, 0.15) is 40.0 Å². The smallest absolute Gasteiger partial charge is 0.410 e. The number of likely N-dealkylation sites (tertiary alicyclic amines) is 1. The summed E-state index contributed by atoms with van der Waals surface area (Å²) >= 11 is 3.27. The Morgan fingerprint density at radius 2 is 1.93 bits per heavy atom. The highest BCUT2D eigenvalue weighted by molar-refractivity contribution is 9.10. The van der Waals surface area contributed by atoms with Crippen LogP contribution in [0.3, 0.4) is 0 Å². The van der Waals surface area contributed by atoms with Crippen LogP contribution in [0.2, 0.25) is 0 Å². The molecule has 2 aromatic rings. The Hall–Kier alpha value is -2.42. The number of carbonyl (C=O) groups is 1. The number of nitro groups is 1. The molecule has 2 heterocycles. The second-order valence-electron chi connectivity index (χ2n) is 7.50. The van der Waals surface area contributed by atoms with Gasteiger partial charge in [-0.3, -0.25) is 10.1 Å². The minimum atomic E-state index is -0.539. The van der Waals surface area contributed by atoms with Crippen LogP contribution in [-0.4, -0.2) is 39.6 Å². The number of rotatable bonds is 1. The summed E-state index contributed by atoms with van der Waals surface area (Å²) in [4.78, 5) is 27.4. The summed E-state index contributed by atoms with van der Waals surface area (Å²) in [6, 6.07) is 5.27. The van der Waals surface area contributed by atoms with Crippen molar-refractivity contribution in [2.24, 2.45) is 0 Å². The molecule has 1 aliphatic heterocycles. The fraction of sp³-hybridized carbons (Fsp3) is 0.474. The minimum Gasteiger partial charge on any atom is -0.444 e. The van der Waals surface area contributed by atoms with E-state index in [1.807, 2.05) is 20.8 Å². The zero-order chi connectivity index (χ0) is 20.9. The van der Waals surface area contributed by atoms with Crippen LogP contribution in [0.15, 0.2) is 28.9 Å². The van der Waals surface area contributed by atoms with E-state index in [1.54, 1.807) is 23.1 Å². The van der Waals surface area contributed by atoms with E-state index in [1.165, 1.54) is 12.6 Å². The maximum Gasteiger partial charge on any atom is 0.410 e. The molecule has 1 aliphatic rings. The number of hydrogen-bond donors (Lipinski definition) is 1. The standard InChI is InChI=1S/C10H19NO2.C9H6BrN3O2/c1-10(2,3)13-9(12)11-7-5-4-6-8-11;10-5-1-2-7-6(3-5)9(11)8(4-12-7)13(14)15/h4-8H2,1-3H3;1-4H,(H2,11,12). The third-order valence-electron chi connectivity index (χ3n) is 4.06. The Morgan fingerprint density at radius 1 is 1.29 bits per heavy atom. The van der Waals surface area contributed by atoms with Gasteiger partial charge in [0.25, 0.3) is 0 Å². The maximum absolute atomic E-state index is 11.5. The minimum absolute atomic E-state index is 0.145. The first-order valence-corrected chi connectivity index (χ1v) is 9.84. The molecule has 3 rings (SSSR count). The number of halogens is 1. The van der Waals surface area contributed by atoms with Gasteiger partial charge in [-0.2, -0.15) is 0 Å². The monoisotopic (exact) mass is 452 g/mol.